The Morgan fingerprint density at radius 3 is 2.70 bits per heavy atom. The lowest BCUT2D eigenvalue weighted by molar-refractivity contribution is -0.143. The Labute approximate surface area is 67.4 Å². The van der Waals surface area contributed by atoms with Crippen LogP contribution in [-0.2, 0) is 9.53 Å². The first-order valence-corrected chi connectivity index (χ1v) is 4.02. The topological polar surface area (TPSA) is 26.3 Å². The van der Waals surface area contributed by atoms with Gasteiger partial charge in [-0.25, -0.2) is 0 Å². The summed E-state index contributed by atoms with van der Waals surface area (Å²) in [6.07, 6.45) is 1.29. The lowest BCUT2D eigenvalue weighted by atomic mass is 10.3. The number of carbonyl (C=O) groups excluding carboxylic acids is 1. The molecular formula is C7H14O2S. The zero-order valence-corrected chi connectivity index (χ0v) is 7.36. The molecule has 0 aromatic heterocycles. The van der Waals surface area contributed by atoms with Gasteiger partial charge in [0.15, 0.2) is 0 Å². The highest BCUT2D eigenvalue weighted by Gasteiger charge is 2.04. The molecule has 0 bridgehead atoms. The molecule has 0 aromatic rings. The molecule has 10 heavy (non-hydrogen) atoms. The molecule has 0 aliphatic heterocycles. The molecule has 3 heteroatoms. The van der Waals surface area contributed by atoms with Gasteiger partial charge in [0, 0.05) is 5.25 Å². The summed E-state index contributed by atoms with van der Waals surface area (Å²) in [5.41, 5.74) is 0. The highest BCUT2D eigenvalue weighted by molar-refractivity contribution is 7.80. The molecule has 0 N–H and O–H groups in total. The number of hydrogen-bond donors (Lipinski definition) is 1. The quantitative estimate of drug-likeness (QED) is 0.502. The van der Waals surface area contributed by atoms with Crippen LogP contribution in [0, 0.1) is 0 Å². The standard InChI is InChI=1S/C7H14O2S/c1-3-4-9-7(8)5-6(2)10/h6,10H,3-5H2,1-2H3. The van der Waals surface area contributed by atoms with Gasteiger partial charge in [0.25, 0.3) is 0 Å². The Morgan fingerprint density at radius 2 is 2.30 bits per heavy atom. The maximum atomic E-state index is 10.7. The van der Waals surface area contributed by atoms with Crippen molar-refractivity contribution in [3.8, 4) is 0 Å². The van der Waals surface area contributed by atoms with Crippen LogP contribution in [-0.4, -0.2) is 17.8 Å². The summed E-state index contributed by atoms with van der Waals surface area (Å²) in [4.78, 5) is 10.7. The minimum atomic E-state index is -0.149. The minimum absolute atomic E-state index is 0.101. The Hall–Kier alpha value is -0.180. The molecule has 0 rings (SSSR count). The number of hydrogen-bond acceptors (Lipinski definition) is 3. The molecule has 60 valence electrons. The van der Waals surface area contributed by atoms with Crippen LogP contribution in [0.5, 0.6) is 0 Å². The van der Waals surface area contributed by atoms with Crippen molar-refractivity contribution in [2.24, 2.45) is 0 Å². The molecule has 1 atom stereocenters. The number of esters is 1. The summed E-state index contributed by atoms with van der Waals surface area (Å²) >= 11 is 4.06. The molecule has 0 aliphatic rings. The predicted molar refractivity (Wildman–Crippen MR) is 44.3 cm³/mol. The number of ether oxygens (including phenoxy) is 1. The summed E-state index contributed by atoms with van der Waals surface area (Å²) in [5, 5.41) is 0.101. The first kappa shape index (κ1) is 9.82. The molecule has 0 aromatic carbocycles. The average molecular weight is 162 g/mol. The van der Waals surface area contributed by atoms with E-state index in [1.165, 1.54) is 0 Å². The van der Waals surface area contributed by atoms with Crippen molar-refractivity contribution in [2.45, 2.75) is 31.9 Å². The second-order valence-electron chi connectivity index (χ2n) is 2.27. The van der Waals surface area contributed by atoms with Crippen molar-refractivity contribution in [1.29, 1.82) is 0 Å². The van der Waals surface area contributed by atoms with Crippen LogP contribution in [0.1, 0.15) is 26.7 Å². The van der Waals surface area contributed by atoms with Crippen LogP contribution < -0.4 is 0 Å². The van der Waals surface area contributed by atoms with E-state index >= 15 is 0 Å². The van der Waals surface area contributed by atoms with E-state index in [4.69, 9.17) is 4.74 Å². The molecule has 0 spiro atoms. The smallest absolute Gasteiger partial charge is 0.306 e. The molecule has 0 radical (unpaired) electrons. The van der Waals surface area contributed by atoms with Crippen molar-refractivity contribution in [2.75, 3.05) is 6.61 Å². The normalized spacial score (nSPS) is 12.7. The fourth-order valence-electron chi connectivity index (χ4n) is 0.516. The fourth-order valence-corrected chi connectivity index (χ4v) is 0.665. The van der Waals surface area contributed by atoms with E-state index in [0.717, 1.165) is 6.42 Å². The maximum absolute atomic E-state index is 10.7. The van der Waals surface area contributed by atoms with E-state index < -0.39 is 0 Å². The number of rotatable bonds is 4. The molecule has 0 fully saturated rings. The Morgan fingerprint density at radius 1 is 1.70 bits per heavy atom. The van der Waals surface area contributed by atoms with Crippen LogP contribution in [0.2, 0.25) is 0 Å². The van der Waals surface area contributed by atoms with Gasteiger partial charge in [-0.15, -0.1) is 0 Å². The molecule has 2 nitrogen and oxygen atoms in total. The molecule has 1 unspecified atom stereocenters. The zero-order valence-electron chi connectivity index (χ0n) is 6.46. The van der Waals surface area contributed by atoms with Crippen molar-refractivity contribution in [1.82, 2.24) is 0 Å². The van der Waals surface area contributed by atoms with Crippen LogP contribution in [0.4, 0.5) is 0 Å². The van der Waals surface area contributed by atoms with E-state index in [9.17, 15) is 4.79 Å². The van der Waals surface area contributed by atoms with Crippen molar-refractivity contribution in [3.63, 3.8) is 0 Å². The van der Waals surface area contributed by atoms with E-state index in [1.807, 2.05) is 13.8 Å². The minimum Gasteiger partial charge on any atom is -0.466 e. The van der Waals surface area contributed by atoms with E-state index in [-0.39, 0.29) is 11.2 Å². The summed E-state index contributed by atoms with van der Waals surface area (Å²) in [7, 11) is 0. The number of carbonyl (C=O) groups is 1. The van der Waals surface area contributed by atoms with Crippen LogP contribution >= 0.6 is 12.6 Å². The van der Waals surface area contributed by atoms with E-state index in [0.29, 0.717) is 13.0 Å². The SMILES string of the molecule is CCCOC(=O)CC(C)S. The van der Waals surface area contributed by atoms with Crippen molar-refractivity contribution in [3.05, 3.63) is 0 Å². The van der Waals surface area contributed by atoms with Gasteiger partial charge in [-0.05, 0) is 6.42 Å². The second kappa shape index (κ2) is 5.59. The monoisotopic (exact) mass is 162 g/mol. The van der Waals surface area contributed by atoms with Gasteiger partial charge in [0.05, 0.1) is 13.0 Å². The summed E-state index contributed by atoms with van der Waals surface area (Å²) in [6, 6.07) is 0. The molecule has 0 saturated carbocycles. The molecule has 0 amide bonds. The number of thiol groups is 1. The Kier molecular flexibility index (Phi) is 5.49. The third-order valence-corrected chi connectivity index (χ3v) is 1.11. The molecule has 0 heterocycles. The predicted octanol–water partition coefficient (Wildman–Crippen LogP) is 1.65. The summed E-state index contributed by atoms with van der Waals surface area (Å²) in [5.74, 6) is -0.149. The van der Waals surface area contributed by atoms with Gasteiger partial charge in [0.1, 0.15) is 0 Å². The van der Waals surface area contributed by atoms with Gasteiger partial charge in [-0.3, -0.25) is 4.79 Å². The highest BCUT2D eigenvalue weighted by Crippen LogP contribution is 2.00. The van der Waals surface area contributed by atoms with Gasteiger partial charge in [-0.1, -0.05) is 13.8 Å². The van der Waals surface area contributed by atoms with Gasteiger partial charge in [0.2, 0.25) is 0 Å². The Balaban J connectivity index is 3.26. The first-order chi connectivity index (χ1) is 4.66. The second-order valence-corrected chi connectivity index (χ2v) is 3.16. The highest BCUT2D eigenvalue weighted by atomic mass is 32.1. The molecular weight excluding hydrogens is 148 g/mol. The van der Waals surface area contributed by atoms with Gasteiger partial charge in [-0.2, -0.15) is 12.6 Å². The van der Waals surface area contributed by atoms with E-state index in [2.05, 4.69) is 12.6 Å². The van der Waals surface area contributed by atoms with Crippen LogP contribution in [0.25, 0.3) is 0 Å². The van der Waals surface area contributed by atoms with Crippen LogP contribution in [0.3, 0.4) is 0 Å². The van der Waals surface area contributed by atoms with Crippen LogP contribution in [0.15, 0.2) is 0 Å². The molecule has 0 aliphatic carbocycles. The fraction of sp³-hybridized carbons (Fsp3) is 0.857. The summed E-state index contributed by atoms with van der Waals surface area (Å²) < 4.78 is 4.81. The van der Waals surface area contributed by atoms with Crippen molar-refractivity contribution >= 4 is 18.6 Å². The van der Waals surface area contributed by atoms with Gasteiger partial charge >= 0.3 is 5.97 Å². The third-order valence-electron chi connectivity index (χ3n) is 0.929. The average Bonchev–Trinajstić information content (AvgIpc) is 1.82. The first-order valence-electron chi connectivity index (χ1n) is 3.50. The Bertz CT molecular complexity index is 102. The van der Waals surface area contributed by atoms with Gasteiger partial charge < -0.3 is 4.74 Å². The molecule has 0 saturated heterocycles. The lowest BCUT2D eigenvalue weighted by Gasteiger charge is -2.03. The largest absolute Gasteiger partial charge is 0.466 e. The zero-order chi connectivity index (χ0) is 7.98. The summed E-state index contributed by atoms with van der Waals surface area (Å²) in [6.45, 7) is 4.37. The third kappa shape index (κ3) is 5.95. The maximum Gasteiger partial charge on any atom is 0.306 e. The van der Waals surface area contributed by atoms with E-state index in [1.54, 1.807) is 0 Å². The lowest BCUT2D eigenvalue weighted by Crippen LogP contribution is -2.09. The van der Waals surface area contributed by atoms with Crippen molar-refractivity contribution < 1.29 is 9.53 Å².